The summed E-state index contributed by atoms with van der Waals surface area (Å²) < 4.78 is 13.9. The van der Waals surface area contributed by atoms with Crippen molar-refractivity contribution in [3.05, 3.63) is 86.7 Å². The second-order valence-corrected chi connectivity index (χ2v) is 8.19. The van der Waals surface area contributed by atoms with Crippen LogP contribution in [0.3, 0.4) is 0 Å². The standard InChI is InChI=1S/C22H20BrClFN3O/c1-13(2)17-10-21(28-20-8-5-15(23)9-19(20)24)26-12-18(17)22(29)27-11-14-3-6-16(25)7-4-14/h3-10,12-13H,11H2,1-2H3,(H,26,28)(H,27,29). The molecular formula is C22H20BrClFN3O. The monoisotopic (exact) mass is 475 g/mol. The van der Waals surface area contributed by atoms with E-state index in [9.17, 15) is 9.18 Å². The van der Waals surface area contributed by atoms with Crippen molar-refractivity contribution in [1.29, 1.82) is 0 Å². The van der Waals surface area contributed by atoms with Gasteiger partial charge in [-0.25, -0.2) is 9.37 Å². The molecular weight excluding hydrogens is 457 g/mol. The maximum Gasteiger partial charge on any atom is 0.253 e. The zero-order valence-corrected chi connectivity index (χ0v) is 18.3. The number of hydrogen-bond acceptors (Lipinski definition) is 3. The lowest BCUT2D eigenvalue weighted by Crippen LogP contribution is -2.24. The maximum absolute atomic E-state index is 13.0. The molecule has 3 rings (SSSR count). The molecule has 1 heterocycles. The first-order valence-corrected chi connectivity index (χ1v) is 10.2. The normalized spacial score (nSPS) is 10.8. The minimum absolute atomic E-state index is 0.116. The summed E-state index contributed by atoms with van der Waals surface area (Å²) in [6.45, 7) is 4.34. The summed E-state index contributed by atoms with van der Waals surface area (Å²) in [7, 11) is 0. The Morgan fingerprint density at radius 1 is 1.17 bits per heavy atom. The predicted octanol–water partition coefficient (Wildman–Crippen LogP) is 6.43. The molecule has 0 atom stereocenters. The third-order valence-corrected chi connectivity index (χ3v) is 5.17. The highest BCUT2D eigenvalue weighted by atomic mass is 79.9. The van der Waals surface area contributed by atoms with Gasteiger partial charge in [-0.05, 0) is 53.4 Å². The van der Waals surface area contributed by atoms with Gasteiger partial charge < -0.3 is 10.6 Å². The summed E-state index contributed by atoms with van der Waals surface area (Å²) in [5.74, 6) is 0.192. The van der Waals surface area contributed by atoms with Crippen LogP contribution in [0.15, 0.2) is 59.2 Å². The predicted molar refractivity (Wildman–Crippen MR) is 118 cm³/mol. The number of hydrogen-bond donors (Lipinski definition) is 2. The van der Waals surface area contributed by atoms with Crippen molar-refractivity contribution < 1.29 is 9.18 Å². The molecule has 150 valence electrons. The van der Waals surface area contributed by atoms with Crippen molar-refractivity contribution in [2.75, 3.05) is 5.32 Å². The van der Waals surface area contributed by atoms with E-state index in [0.717, 1.165) is 21.3 Å². The van der Waals surface area contributed by atoms with Gasteiger partial charge in [-0.1, -0.05) is 53.5 Å². The van der Waals surface area contributed by atoms with E-state index >= 15 is 0 Å². The molecule has 0 aliphatic rings. The van der Waals surface area contributed by atoms with E-state index in [-0.39, 0.29) is 17.6 Å². The maximum atomic E-state index is 13.0. The summed E-state index contributed by atoms with van der Waals surface area (Å²) in [5, 5.41) is 6.62. The van der Waals surface area contributed by atoms with Gasteiger partial charge in [0, 0.05) is 17.2 Å². The van der Waals surface area contributed by atoms with Gasteiger partial charge in [0.1, 0.15) is 11.6 Å². The molecule has 3 aromatic rings. The largest absolute Gasteiger partial charge is 0.348 e. The van der Waals surface area contributed by atoms with Crippen LogP contribution in [0.4, 0.5) is 15.9 Å². The topological polar surface area (TPSA) is 54.0 Å². The Morgan fingerprint density at radius 2 is 1.90 bits per heavy atom. The molecule has 0 spiro atoms. The number of nitrogens with zero attached hydrogens (tertiary/aromatic N) is 1. The van der Waals surface area contributed by atoms with Gasteiger partial charge in [-0.3, -0.25) is 4.79 Å². The SMILES string of the molecule is CC(C)c1cc(Nc2ccc(Br)cc2Cl)ncc1C(=O)NCc1ccc(F)cc1. The van der Waals surface area contributed by atoms with Crippen molar-refractivity contribution in [1.82, 2.24) is 10.3 Å². The fourth-order valence-corrected chi connectivity index (χ4v) is 3.54. The Labute approximate surface area is 182 Å². The van der Waals surface area contributed by atoms with Crippen molar-refractivity contribution in [2.24, 2.45) is 0 Å². The summed E-state index contributed by atoms with van der Waals surface area (Å²) in [6, 6.07) is 13.4. The van der Waals surface area contributed by atoms with E-state index in [4.69, 9.17) is 11.6 Å². The number of aromatic nitrogens is 1. The Morgan fingerprint density at radius 3 is 2.55 bits per heavy atom. The van der Waals surface area contributed by atoms with E-state index in [1.165, 1.54) is 12.1 Å². The van der Waals surface area contributed by atoms with Crippen molar-refractivity contribution in [3.8, 4) is 0 Å². The van der Waals surface area contributed by atoms with Gasteiger partial charge in [-0.2, -0.15) is 0 Å². The van der Waals surface area contributed by atoms with Crippen LogP contribution in [-0.4, -0.2) is 10.9 Å². The van der Waals surface area contributed by atoms with E-state index in [1.54, 1.807) is 24.4 Å². The van der Waals surface area contributed by atoms with Gasteiger partial charge in [-0.15, -0.1) is 0 Å². The second-order valence-electron chi connectivity index (χ2n) is 6.87. The molecule has 4 nitrogen and oxygen atoms in total. The molecule has 0 aliphatic heterocycles. The van der Waals surface area contributed by atoms with Gasteiger partial charge in [0.25, 0.3) is 5.91 Å². The minimum atomic E-state index is -0.305. The molecule has 0 fully saturated rings. The molecule has 1 amide bonds. The minimum Gasteiger partial charge on any atom is -0.348 e. The molecule has 7 heteroatoms. The molecule has 0 bridgehead atoms. The van der Waals surface area contributed by atoms with E-state index < -0.39 is 0 Å². The molecule has 0 saturated heterocycles. The van der Waals surface area contributed by atoms with E-state index in [2.05, 4.69) is 31.5 Å². The van der Waals surface area contributed by atoms with Gasteiger partial charge in [0.05, 0.1) is 16.3 Å². The second kappa shape index (κ2) is 9.37. The third kappa shape index (κ3) is 5.55. The number of carbonyl (C=O) groups excluding carboxylic acids is 1. The highest BCUT2D eigenvalue weighted by Crippen LogP contribution is 2.29. The van der Waals surface area contributed by atoms with Crippen molar-refractivity contribution in [2.45, 2.75) is 26.3 Å². The fourth-order valence-electron chi connectivity index (χ4n) is 2.82. The highest BCUT2D eigenvalue weighted by molar-refractivity contribution is 9.10. The summed E-state index contributed by atoms with van der Waals surface area (Å²) in [6.07, 6.45) is 1.56. The Hall–Kier alpha value is -2.44. The zero-order valence-electron chi connectivity index (χ0n) is 16.0. The zero-order chi connectivity index (χ0) is 21.0. The first-order valence-electron chi connectivity index (χ1n) is 9.08. The van der Waals surface area contributed by atoms with Crippen LogP contribution < -0.4 is 10.6 Å². The van der Waals surface area contributed by atoms with E-state index in [0.29, 0.717) is 22.9 Å². The number of amides is 1. The first-order chi connectivity index (χ1) is 13.8. The Balaban J connectivity index is 1.78. The Bertz CT molecular complexity index is 1030. The Kier molecular flexibility index (Phi) is 6.87. The number of nitrogens with one attached hydrogen (secondary N) is 2. The first kappa shape index (κ1) is 21.3. The number of benzene rings is 2. The van der Waals surface area contributed by atoms with Gasteiger partial charge >= 0.3 is 0 Å². The molecule has 2 N–H and O–H groups in total. The lowest BCUT2D eigenvalue weighted by Gasteiger charge is -2.15. The van der Waals surface area contributed by atoms with Crippen LogP contribution in [0.2, 0.25) is 5.02 Å². The average Bonchev–Trinajstić information content (AvgIpc) is 2.69. The molecule has 0 radical (unpaired) electrons. The van der Waals surface area contributed by atoms with Crippen LogP contribution in [0.1, 0.15) is 41.3 Å². The quantitative estimate of drug-likeness (QED) is 0.431. The van der Waals surface area contributed by atoms with Crippen molar-refractivity contribution >= 4 is 44.9 Å². The lowest BCUT2D eigenvalue weighted by molar-refractivity contribution is 0.0949. The van der Waals surface area contributed by atoms with Crippen LogP contribution >= 0.6 is 27.5 Å². The summed E-state index contributed by atoms with van der Waals surface area (Å²) in [5.41, 5.74) is 2.93. The fraction of sp³-hybridized carbons (Fsp3) is 0.182. The number of halogens is 3. The van der Waals surface area contributed by atoms with Crippen LogP contribution in [-0.2, 0) is 6.54 Å². The summed E-state index contributed by atoms with van der Waals surface area (Å²) in [4.78, 5) is 17.1. The van der Waals surface area contributed by atoms with Gasteiger partial charge in [0.15, 0.2) is 0 Å². The summed E-state index contributed by atoms with van der Waals surface area (Å²) >= 11 is 9.65. The molecule has 0 aliphatic carbocycles. The third-order valence-electron chi connectivity index (χ3n) is 4.36. The van der Waals surface area contributed by atoms with Crippen LogP contribution in [0, 0.1) is 5.82 Å². The number of rotatable bonds is 6. The molecule has 0 saturated carbocycles. The van der Waals surface area contributed by atoms with Crippen molar-refractivity contribution in [3.63, 3.8) is 0 Å². The molecule has 0 unspecified atom stereocenters. The smallest absolute Gasteiger partial charge is 0.253 e. The average molecular weight is 477 g/mol. The molecule has 1 aromatic heterocycles. The van der Waals surface area contributed by atoms with Crippen LogP contribution in [0.5, 0.6) is 0 Å². The van der Waals surface area contributed by atoms with Gasteiger partial charge in [0.2, 0.25) is 0 Å². The number of carbonyl (C=O) groups is 1. The molecule has 29 heavy (non-hydrogen) atoms. The number of pyridine rings is 1. The highest BCUT2D eigenvalue weighted by Gasteiger charge is 2.16. The number of anilines is 2. The van der Waals surface area contributed by atoms with E-state index in [1.807, 2.05) is 32.0 Å². The molecule has 2 aromatic carbocycles. The van der Waals surface area contributed by atoms with Crippen LogP contribution in [0.25, 0.3) is 0 Å². The lowest BCUT2D eigenvalue weighted by atomic mass is 9.98.